The molecule has 3 nitrogen and oxygen atoms in total. The summed E-state index contributed by atoms with van der Waals surface area (Å²) in [5.74, 6) is -0.350. The molecule has 0 radical (unpaired) electrons. The highest BCUT2D eigenvalue weighted by Gasteiger charge is 2.18. The molecule has 0 amide bonds. The minimum Gasteiger partial charge on any atom is -0.315 e. The fourth-order valence-corrected chi connectivity index (χ4v) is 2.40. The van der Waals surface area contributed by atoms with Crippen molar-refractivity contribution in [2.75, 3.05) is 20.1 Å². The Balaban J connectivity index is 2.06. The van der Waals surface area contributed by atoms with Crippen molar-refractivity contribution < 1.29 is 4.39 Å². The minimum atomic E-state index is -0.350. The van der Waals surface area contributed by atoms with Crippen molar-refractivity contribution in [3.05, 3.63) is 35.1 Å². The molecule has 1 saturated heterocycles. The van der Waals surface area contributed by atoms with E-state index in [9.17, 15) is 4.39 Å². The number of benzene rings is 1. The Morgan fingerprint density at radius 1 is 1.56 bits per heavy atom. The van der Waals surface area contributed by atoms with Gasteiger partial charge in [0.15, 0.2) is 0 Å². The molecular formula is C14H18FN3. The van der Waals surface area contributed by atoms with Gasteiger partial charge in [-0.15, -0.1) is 0 Å². The van der Waals surface area contributed by atoms with Crippen LogP contribution in [-0.2, 0) is 6.54 Å². The van der Waals surface area contributed by atoms with Gasteiger partial charge < -0.3 is 5.32 Å². The third kappa shape index (κ3) is 3.06. The van der Waals surface area contributed by atoms with Gasteiger partial charge >= 0.3 is 0 Å². The first-order valence-corrected chi connectivity index (χ1v) is 6.30. The van der Waals surface area contributed by atoms with Gasteiger partial charge in [-0.05, 0) is 44.1 Å². The molecule has 1 heterocycles. The molecule has 2 rings (SSSR count). The molecule has 1 fully saturated rings. The molecule has 0 spiro atoms. The lowest BCUT2D eigenvalue weighted by molar-refractivity contribution is 0.195. The summed E-state index contributed by atoms with van der Waals surface area (Å²) < 4.78 is 13.1. The molecule has 1 aromatic carbocycles. The maximum atomic E-state index is 13.1. The summed E-state index contributed by atoms with van der Waals surface area (Å²) in [6.45, 7) is 2.76. The monoisotopic (exact) mass is 247 g/mol. The molecule has 18 heavy (non-hydrogen) atoms. The number of piperidine rings is 1. The van der Waals surface area contributed by atoms with Crippen molar-refractivity contribution in [1.82, 2.24) is 10.2 Å². The Morgan fingerprint density at radius 2 is 2.39 bits per heavy atom. The molecule has 96 valence electrons. The van der Waals surface area contributed by atoms with E-state index in [0.717, 1.165) is 18.7 Å². The normalized spacial score (nSPS) is 19.8. The first-order valence-electron chi connectivity index (χ1n) is 6.30. The maximum Gasteiger partial charge on any atom is 0.124 e. The number of rotatable bonds is 3. The van der Waals surface area contributed by atoms with E-state index in [1.165, 1.54) is 25.0 Å². The molecule has 0 bridgehead atoms. The van der Waals surface area contributed by atoms with Crippen molar-refractivity contribution in [3.63, 3.8) is 0 Å². The zero-order chi connectivity index (χ0) is 13.0. The standard InChI is InChI=1S/C14H18FN3/c1-18(14-3-2-6-17-9-14)10-11-4-5-13(15)7-12(11)8-16/h4-5,7,14,17H,2-3,6,9-10H2,1H3. The zero-order valence-electron chi connectivity index (χ0n) is 10.6. The smallest absolute Gasteiger partial charge is 0.124 e. The van der Waals surface area contributed by atoms with Crippen LogP contribution in [0.5, 0.6) is 0 Å². The van der Waals surface area contributed by atoms with E-state index < -0.39 is 0 Å². The Kier molecular flexibility index (Phi) is 4.29. The highest BCUT2D eigenvalue weighted by atomic mass is 19.1. The number of nitrogens with zero attached hydrogens (tertiary/aromatic N) is 2. The van der Waals surface area contributed by atoms with Crippen LogP contribution in [0.4, 0.5) is 4.39 Å². The number of nitrogens with one attached hydrogen (secondary N) is 1. The Bertz CT molecular complexity index is 447. The van der Waals surface area contributed by atoms with Crippen LogP contribution in [0, 0.1) is 17.1 Å². The molecule has 0 aliphatic carbocycles. The van der Waals surface area contributed by atoms with E-state index in [0.29, 0.717) is 18.2 Å². The first-order chi connectivity index (χ1) is 8.70. The summed E-state index contributed by atoms with van der Waals surface area (Å²) >= 11 is 0. The van der Waals surface area contributed by atoms with Gasteiger partial charge in [-0.25, -0.2) is 4.39 Å². The van der Waals surface area contributed by atoms with Crippen LogP contribution in [0.3, 0.4) is 0 Å². The number of hydrogen-bond acceptors (Lipinski definition) is 3. The van der Waals surface area contributed by atoms with Gasteiger partial charge in [0.05, 0.1) is 11.6 Å². The predicted molar refractivity (Wildman–Crippen MR) is 68.5 cm³/mol. The molecule has 0 aromatic heterocycles. The van der Waals surface area contributed by atoms with Crippen LogP contribution in [-0.4, -0.2) is 31.1 Å². The van der Waals surface area contributed by atoms with Crippen LogP contribution >= 0.6 is 0 Å². The van der Waals surface area contributed by atoms with E-state index in [-0.39, 0.29) is 5.82 Å². The first kappa shape index (κ1) is 13.0. The summed E-state index contributed by atoms with van der Waals surface area (Å²) in [4.78, 5) is 2.24. The third-order valence-corrected chi connectivity index (χ3v) is 3.51. The Labute approximate surface area is 107 Å². The van der Waals surface area contributed by atoms with Gasteiger partial charge in [0.25, 0.3) is 0 Å². The van der Waals surface area contributed by atoms with Crippen molar-refractivity contribution in [3.8, 4) is 6.07 Å². The molecule has 4 heteroatoms. The van der Waals surface area contributed by atoms with Crippen LogP contribution in [0.15, 0.2) is 18.2 Å². The van der Waals surface area contributed by atoms with Crippen LogP contribution in [0.1, 0.15) is 24.0 Å². The summed E-state index contributed by atoms with van der Waals surface area (Å²) in [6.07, 6.45) is 2.36. The SMILES string of the molecule is CN(Cc1ccc(F)cc1C#N)C1CCCNC1. The molecule has 1 unspecified atom stereocenters. The topological polar surface area (TPSA) is 39.1 Å². The zero-order valence-corrected chi connectivity index (χ0v) is 10.6. The highest BCUT2D eigenvalue weighted by Crippen LogP contribution is 2.16. The number of nitriles is 1. The Hall–Kier alpha value is -1.44. The van der Waals surface area contributed by atoms with Crippen LogP contribution in [0.25, 0.3) is 0 Å². The molecule has 1 aromatic rings. The van der Waals surface area contributed by atoms with Crippen LogP contribution < -0.4 is 5.32 Å². The minimum absolute atomic E-state index is 0.350. The van der Waals surface area contributed by atoms with Crippen molar-refractivity contribution >= 4 is 0 Å². The molecule has 1 aliphatic rings. The van der Waals surface area contributed by atoms with Gasteiger partial charge in [0, 0.05) is 19.1 Å². The second-order valence-corrected chi connectivity index (χ2v) is 4.83. The second-order valence-electron chi connectivity index (χ2n) is 4.83. The molecular weight excluding hydrogens is 229 g/mol. The van der Waals surface area contributed by atoms with E-state index >= 15 is 0 Å². The number of likely N-dealkylation sites (N-methyl/N-ethyl adjacent to an activating group) is 1. The summed E-state index contributed by atoms with van der Waals surface area (Å²) in [5, 5.41) is 12.4. The lowest BCUT2D eigenvalue weighted by Gasteiger charge is -2.31. The van der Waals surface area contributed by atoms with Gasteiger partial charge in [-0.2, -0.15) is 5.26 Å². The van der Waals surface area contributed by atoms with E-state index in [1.807, 2.05) is 0 Å². The fraction of sp³-hybridized carbons (Fsp3) is 0.500. The largest absolute Gasteiger partial charge is 0.315 e. The third-order valence-electron chi connectivity index (χ3n) is 3.51. The number of halogens is 1. The maximum absolute atomic E-state index is 13.1. The average Bonchev–Trinajstić information content (AvgIpc) is 2.41. The summed E-state index contributed by atoms with van der Waals surface area (Å²) in [6, 6.07) is 6.99. The van der Waals surface area contributed by atoms with Gasteiger partial charge in [-0.3, -0.25) is 4.90 Å². The Morgan fingerprint density at radius 3 is 3.06 bits per heavy atom. The van der Waals surface area contributed by atoms with Crippen LogP contribution in [0.2, 0.25) is 0 Å². The number of hydrogen-bond donors (Lipinski definition) is 1. The highest BCUT2D eigenvalue weighted by molar-refractivity contribution is 5.37. The van der Waals surface area contributed by atoms with Crippen molar-refractivity contribution in [2.24, 2.45) is 0 Å². The van der Waals surface area contributed by atoms with Gasteiger partial charge in [0.1, 0.15) is 5.82 Å². The lowest BCUT2D eigenvalue weighted by atomic mass is 10.0. The van der Waals surface area contributed by atoms with Gasteiger partial charge in [0.2, 0.25) is 0 Å². The van der Waals surface area contributed by atoms with Crippen molar-refractivity contribution in [1.29, 1.82) is 5.26 Å². The average molecular weight is 247 g/mol. The van der Waals surface area contributed by atoms with Gasteiger partial charge in [-0.1, -0.05) is 6.07 Å². The molecule has 1 N–H and O–H groups in total. The van der Waals surface area contributed by atoms with E-state index in [2.05, 4.69) is 23.3 Å². The molecule has 1 atom stereocenters. The van der Waals surface area contributed by atoms with E-state index in [4.69, 9.17) is 5.26 Å². The summed E-state index contributed by atoms with van der Waals surface area (Å²) in [5.41, 5.74) is 1.33. The predicted octanol–water partition coefficient (Wildman–Crippen LogP) is 1.88. The quantitative estimate of drug-likeness (QED) is 0.886. The fourth-order valence-electron chi connectivity index (χ4n) is 2.40. The molecule has 0 saturated carbocycles. The molecule has 1 aliphatic heterocycles. The van der Waals surface area contributed by atoms with E-state index in [1.54, 1.807) is 6.07 Å². The summed E-state index contributed by atoms with van der Waals surface area (Å²) in [7, 11) is 2.06. The van der Waals surface area contributed by atoms with Crippen molar-refractivity contribution in [2.45, 2.75) is 25.4 Å². The lowest BCUT2D eigenvalue weighted by Crippen LogP contribution is -2.43. The second kappa shape index (κ2) is 5.94.